The first-order chi connectivity index (χ1) is 13.0. The molecular formula is C23H30N2O2. The first-order valence-corrected chi connectivity index (χ1v) is 9.72. The maximum Gasteiger partial charge on any atom is 0.243 e. The molecule has 0 saturated heterocycles. The van der Waals surface area contributed by atoms with Crippen LogP contribution in [-0.4, -0.2) is 28.8 Å². The summed E-state index contributed by atoms with van der Waals surface area (Å²) in [5.41, 5.74) is 2.07. The zero-order valence-corrected chi connectivity index (χ0v) is 16.5. The van der Waals surface area contributed by atoms with Gasteiger partial charge in [-0.3, -0.25) is 9.59 Å². The fourth-order valence-corrected chi connectivity index (χ4v) is 2.98. The van der Waals surface area contributed by atoms with Crippen LogP contribution in [0.15, 0.2) is 60.7 Å². The first kappa shape index (κ1) is 20.7. The summed E-state index contributed by atoms with van der Waals surface area (Å²) in [7, 11) is 0. The van der Waals surface area contributed by atoms with Gasteiger partial charge in [0.1, 0.15) is 6.04 Å². The van der Waals surface area contributed by atoms with E-state index in [0.717, 1.165) is 17.5 Å². The molecule has 0 aliphatic carbocycles. The van der Waals surface area contributed by atoms with E-state index < -0.39 is 6.04 Å². The van der Waals surface area contributed by atoms with Crippen LogP contribution in [0.25, 0.3) is 0 Å². The second kappa shape index (κ2) is 10.5. The van der Waals surface area contributed by atoms with Gasteiger partial charge in [0.25, 0.3) is 0 Å². The molecular weight excluding hydrogens is 336 g/mol. The highest BCUT2D eigenvalue weighted by Gasteiger charge is 2.30. The molecule has 4 heteroatoms. The largest absolute Gasteiger partial charge is 0.352 e. The number of nitrogens with one attached hydrogen (secondary N) is 1. The fraction of sp³-hybridized carbons (Fsp3) is 0.391. The fourth-order valence-electron chi connectivity index (χ4n) is 2.98. The second-order valence-electron chi connectivity index (χ2n) is 6.88. The first-order valence-electron chi connectivity index (χ1n) is 9.72. The molecule has 0 saturated carbocycles. The van der Waals surface area contributed by atoms with Crippen molar-refractivity contribution in [1.29, 1.82) is 0 Å². The molecule has 2 aromatic rings. The predicted molar refractivity (Wildman–Crippen MR) is 109 cm³/mol. The summed E-state index contributed by atoms with van der Waals surface area (Å²) in [6.07, 6.45) is 1.72. The van der Waals surface area contributed by atoms with Gasteiger partial charge >= 0.3 is 0 Å². The molecule has 1 N–H and O–H groups in total. The van der Waals surface area contributed by atoms with E-state index in [9.17, 15) is 9.59 Å². The van der Waals surface area contributed by atoms with Crippen LogP contribution in [0.1, 0.15) is 44.7 Å². The van der Waals surface area contributed by atoms with E-state index in [1.54, 1.807) is 4.90 Å². The molecule has 2 aromatic carbocycles. The molecule has 0 spiro atoms. The topological polar surface area (TPSA) is 49.4 Å². The zero-order chi connectivity index (χ0) is 19.6. The molecule has 0 radical (unpaired) electrons. The molecule has 0 heterocycles. The van der Waals surface area contributed by atoms with E-state index >= 15 is 0 Å². The van der Waals surface area contributed by atoms with Crippen molar-refractivity contribution in [2.45, 2.75) is 58.7 Å². The summed E-state index contributed by atoms with van der Waals surface area (Å²) in [5.74, 6) is -0.106. The second-order valence-corrected chi connectivity index (χ2v) is 6.88. The van der Waals surface area contributed by atoms with Crippen LogP contribution in [0, 0.1) is 0 Å². The van der Waals surface area contributed by atoms with Gasteiger partial charge in [0.15, 0.2) is 0 Å². The lowest BCUT2D eigenvalue weighted by Crippen LogP contribution is -2.52. The lowest BCUT2D eigenvalue weighted by Gasteiger charge is -2.32. The Labute approximate surface area is 162 Å². The van der Waals surface area contributed by atoms with Crippen molar-refractivity contribution in [1.82, 2.24) is 10.2 Å². The van der Waals surface area contributed by atoms with Gasteiger partial charge in [-0.2, -0.15) is 0 Å². The lowest BCUT2D eigenvalue weighted by molar-refractivity contribution is -0.141. The Kier molecular flexibility index (Phi) is 8.05. The van der Waals surface area contributed by atoms with Gasteiger partial charge in [0.2, 0.25) is 11.8 Å². The standard InChI is InChI=1S/C23H30N2O2/c1-4-18(3)24-23(27)21(16-19-12-8-6-9-13-19)25(22(26)5-2)17-20-14-10-7-11-15-20/h6-15,18,21H,4-5,16-17H2,1-3H3,(H,24,27)/t18-,21-/m0/s1. The van der Waals surface area contributed by atoms with Gasteiger partial charge in [-0.1, -0.05) is 74.5 Å². The molecule has 2 rings (SSSR count). The average Bonchev–Trinajstić information content (AvgIpc) is 2.71. The van der Waals surface area contributed by atoms with Crippen LogP contribution < -0.4 is 5.32 Å². The van der Waals surface area contributed by atoms with E-state index in [4.69, 9.17) is 0 Å². The maximum absolute atomic E-state index is 13.1. The zero-order valence-electron chi connectivity index (χ0n) is 16.5. The summed E-state index contributed by atoms with van der Waals surface area (Å²) in [6, 6.07) is 19.3. The molecule has 4 nitrogen and oxygen atoms in total. The minimum atomic E-state index is -0.533. The highest BCUT2D eigenvalue weighted by molar-refractivity contribution is 5.88. The number of hydrogen-bond acceptors (Lipinski definition) is 2. The van der Waals surface area contributed by atoms with Crippen LogP contribution in [0.5, 0.6) is 0 Å². The summed E-state index contributed by atoms with van der Waals surface area (Å²) in [4.78, 5) is 27.5. The van der Waals surface area contributed by atoms with Crippen LogP contribution in [0.2, 0.25) is 0 Å². The molecule has 0 aromatic heterocycles. The van der Waals surface area contributed by atoms with Crippen LogP contribution >= 0.6 is 0 Å². The summed E-state index contributed by atoms with van der Waals surface area (Å²) < 4.78 is 0. The summed E-state index contributed by atoms with van der Waals surface area (Å²) >= 11 is 0. The van der Waals surface area contributed by atoms with Gasteiger partial charge in [-0.25, -0.2) is 0 Å². The van der Waals surface area contributed by atoms with Gasteiger partial charge in [0.05, 0.1) is 0 Å². The smallest absolute Gasteiger partial charge is 0.243 e. The summed E-state index contributed by atoms with van der Waals surface area (Å²) in [5, 5.41) is 3.06. The van der Waals surface area contributed by atoms with Crippen LogP contribution in [0.3, 0.4) is 0 Å². The van der Waals surface area contributed by atoms with E-state index in [0.29, 0.717) is 19.4 Å². The Morgan fingerprint density at radius 3 is 2.00 bits per heavy atom. The van der Waals surface area contributed by atoms with Gasteiger partial charge in [-0.05, 0) is 24.5 Å². The molecule has 27 heavy (non-hydrogen) atoms. The van der Waals surface area contributed by atoms with Crippen molar-refractivity contribution in [3.8, 4) is 0 Å². The molecule has 0 unspecified atom stereocenters. The van der Waals surface area contributed by atoms with Crippen molar-refractivity contribution in [2.75, 3.05) is 0 Å². The third-order valence-corrected chi connectivity index (χ3v) is 4.77. The Balaban J connectivity index is 2.32. The Morgan fingerprint density at radius 2 is 1.48 bits per heavy atom. The molecule has 2 amide bonds. The SMILES string of the molecule is CCC(=O)N(Cc1ccccc1)[C@@H](Cc1ccccc1)C(=O)N[C@@H](C)CC. The van der Waals surface area contributed by atoms with Gasteiger partial charge < -0.3 is 10.2 Å². The number of amides is 2. The van der Waals surface area contributed by atoms with E-state index in [1.807, 2.05) is 81.4 Å². The average molecular weight is 367 g/mol. The number of benzene rings is 2. The third-order valence-electron chi connectivity index (χ3n) is 4.77. The van der Waals surface area contributed by atoms with Crippen molar-refractivity contribution in [3.05, 3.63) is 71.8 Å². The predicted octanol–water partition coefficient (Wildman–Crippen LogP) is 3.95. The van der Waals surface area contributed by atoms with Gasteiger partial charge in [-0.15, -0.1) is 0 Å². The number of carbonyl (C=O) groups is 2. The molecule has 2 atom stereocenters. The Morgan fingerprint density at radius 1 is 0.926 bits per heavy atom. The minimum Gasteiger partial charge on any atom is -0.352 e. The maximum atomic E-state index is 13.1. The number of carbonyl (C=O) groups excluding carboxylic acids is 2. The van der Waals surface area contributed by atoms with Crippen molar-refractivity contribution >= 4 is 11.8 Å². The number of hydrogen-bond donors (Lipinski definition) is 1. The van der Waals surface area contributed by atoms with Crippen LogP contribution in [0.4, 0.5) is 0 Å². The van der Waals surface area contributed by atoms with Crippen LogP contribution in [-0.2, 0) is 22.6 Å². The monoisotopic (exact) mass is 366 g/mol. The molecule has 0 aliphatic heterocycles. The Bertz CT molecular complexity index is 716. The quantitative estimate of drug-likeness (QED) is 0.730. The highest BCUT2D eigenvalue weighted by atomic mass is 16.2. The molecule has 0 aliphatic rings. The third kappa shape index (κ3) is 6.24. The van der Waals surface area contributed by atoms with E-state index in [-0.39, 0.29) is 17.9 Å². The van der Waals surface area contributed by atoms with Crippen molar-refractivity contribution < 1.29 is 9.59 Å². The molecule has 0 bridgehead atoms. The molecule has 144 valence electrons. The summed E-state index contributed by atoms with van der Waals surface area (Å²) in [6.45, 7) is 6.29. The molecule has 0 fully saturated rings. The van der Waals surface area contributed by atoms with E-state index in [1.165, 1.54) is 0 Å². The Hall–Kier alpha value is -2.62. The van der Waals surface area contributed by atoms with E-state index in [2.05, 4.69) is 5.32 Å². The normalized spacial score (nSPS) is 12.9. The van der Waals surface area contributed by atoms with Crippen molar-refractivity contribution in [3.63, 3.8) is 0 Å². The lowest BCUT2D eigenvalue weighted by atomic mass is 10.0. The highest BCUT2D eigenvalue weighted by Crippen LogP contribution is 2.16. The number of nitrogens with zero attached hydrogens (tertiary/aromatic N) is 1. The number of rotatable bonds is 9. The minimum absolute atomic E-state index is 0.0147. The van der Waals surface area contributed by atoms with Crippen molar-refractivity contribution in [2.24, 2.45) is 0 Å². The van der Waals surface area contributed by atoms with Gasteiger partial charge in [0, 0.05) is 25.4 Å².